The summed E-state index contributed by atoms with van der Waals surface area (Å²) in [4.78, 5) is 0. The second-order valence-corrected chi connectivity index (χ2v) is 5.23. The van der Waals surface area contributed by atoms with Gasteiger partial charge >= 0.3 is 0 Å². The third kappa shape index (κ3) is 3.19. The first-order chi connectivity index (χ1) is 7.36. The van der Waals surface area contributed by atoms with Gasteiger partial charge in [-0.05, 0) is 29.5 Å². The van der Waals surface area contributed by atoms with Crippen LogP contribution < -0.4 is 0 Å². The van der Waals surface area contributed by atoms with Crippen molar-refractivity contribution >= 4 is 11.6 Å². The minimum atomic E-state index is -0.548. The molecule has 3 heteroatoms. The predicted octanol–water partition coefficient (Wildman–Crippen LogP) is 3.82. The van der Waals surface area contributed by atoms with E-state index < -0.39 is 6.10 Å². The fraction of sp³-hybridized carbons (Fsp3) is 0.538. The fourth-order valence-electron chi connectivity index (χ4n) is 1.41. The van der Waals surface area contributed by atoms with Crippen LogP contribution in [0, 0.1) is 11.2 Å². The number of hydrogen-bond donors (Lipinski definition) is 1. The molecule has 1 nitrogen and oxygen atoms in total. The topological polar surface area (TPSA) is 20.2 Å². The van der Waals surface area contributed by atoms with Crippen LogP contribution in [0.15, 0.2) is 18.2 Å². The lowest BCUT2D eigenvalue weighted by molar-refractivity contribution is 0.0473. The van der Waals surface area contributed by atoms with Crippen LogP contribution in [-0.2, 0) is 6.42 Å². The van der Waals surface area contributed by atoms with E-state index in [0.29, 0.717) is 17.0 Å². The summed E-state index contributed by atoms with van der Waals surface area (Å²) in [6.45, 7) is 5.97. The first-order valence-electron chi connectivity index (χ1n) is 5.49. The van der Waals surface area contributed by atoms with Crippen LogP contribution in [0.2, 0.25) is 5.02 Å². The van der Waals surface area contributed by atoms with Crippen molar-refractivity contribution in [3.05, 3.63) is 34.6 Å². The number of benzene rings is 1. The highest BCUT2D eigenvalue weighted by Crippen LogP contribution is 2.28. The van der Waals surface area contributed by atoms with Gasteiger partial charge < -0.3 is 5.11 Å². The maximum absolute atomic E-state index is 13.5. The fourth-order valence-corrected chi connectivity index (χ4v) is 1.57. The van der Waals surface area contributed by atoms with E-state index in [0.717, 1.165) is 6.42 Å². The maximum atomic E-state index is 13.5. The quantitative estimate of drug-likeness (QED) is 0.854. The van der Waals surface area contributed by atoms with E-state index >= 15 is 0 Å². The van der Waals surface area contributed by atoms with E-state index in [1.807, 2.05) is 20.8 Å². The molecule has 1 rings (SSSR count). The van der Waals surface area contributed by atoms with Gasteiger partial charge in [0.15, 0.2) is 0 Å². The monoisotopic (exact) mass is 244 g/mol. The summed E-state index contributed by atoms with van der Waals surface area (Å²) >= 11 is 5.67. The Bertz CT molecular complexity index is 363. The first kappa shape index (κ1) is 13.5. The molecule has 0 fully saturated rings. The molecule has 0 amide bonds. The number of aliphatic hydroxyl groups is 1. The molecule has 0 spiro atoms. The Labute approximate surface area is 101 Å². The summed E-state index contributed by atoms with van der Waals surface area (Å²) < 4.78 is 13.5. The molecule has 1 atom stereocenters. The number of rotatable bonds is 4. The highest BCUT2D eigenvalue weighted by atomic mass is 35.5. The number of hydrogen-bond acceptors (Lipinski definition) is 1. The molecular weight excluding hydrogens is 227 g/mol. The van der Waals surface area contributed by atoms with Gasteiger partial charge in [0.25, 0.3) is 0 Å². The second-order valence-electron chi connectivity index (χ2n) is 4.80. The number of halogens is 2. The lowest BCUT2D eigenvalue weighted by Crippen LogP contribution is -2.30. The van der Waals surface area contributed by atoms with Crippen LogP contribution in [0.25, 0.3) is 0 Å². The molecule has 1 N–H and O–H groups in total. The third-order valence-electron chi connectivity index (χ3n) is 3.24. The van der Waals surface area contributed by atoms with Crippen molar-refractivity contribution in [3.8, 4) is 0 Å². The molecule has 0 saturated heterocycles. The van der Waals surface area contributed by atoms with Crippen molar-refractivity contribution < 1.29 is 9.50 Å². The molecule has 0 aliphatic rings. The van der Waals surface area contributed by atoms with Gasteiger partial charge in [0, 0.05) is 11.4 Å². The summed E-state index contributed by atoms with van der Waals surface area (Å²) in [7, 11) is 0. The third-order valence-corrected chi connectivity index (χ3v) is 3.48. The van der Waals surface area contributed by atoms with Crippen molar-refractivity contribution in [1.82, 2.24) is 0 Å². The highest BCUT2D eigenvalue weighted by molar-refractivity contribution is 6.30. The van der Waals surface area contributed by atoms with Crippen LogP contribution in [0.3, 0.4) is 0 Å². The van der Waals surface area contributed by atoms with Gasteiger partial charge in [-0.25, -0.2) is 4.39 Å². The molecule has 1 aromatic rings. The Hall–Kier alpha value is -0.600. The molecule has 1 aromatic carbocycles. The van der Waals surface area contributed by atoms with E-state index in [2.05, 4.69) is 0 Å². The Morgan fingerprint density at radius 1 is 1.44 bits per heavy atom. The van der Waals surface area contributed by atoms with Crippen molar-refractivity contribution in [3.63, 3.8) is 0 Å². The van der Waals surface area contributed by atoms with Crippen LogP contribution in [-0.4, -0.2) is 11.2 Å². The molecular formula is C13H18ClFO. The zero-order chi connectivity index (χ0) is 12.3. The largest absolute Gasteiger partial charge is 0.392 e. The van der Waals surface area contributed by atoms with Crippen LogP contribution in [0.1, 0.15) is 32.8 Å². The van der Waals surface area contributed by atoms with E-state index in [9.17, 15) is 9.50 Å². The predicted molar refractivity (Wildman–Crippen MR) is 65.2 cm³/mol. The van der Waals surface area contributed by atoms with Crippen LogP contribution >= 0.6 is 11.6 Å². The second kappa shape index (κ2) is 5.15. The molecule has 0 aliphatic carbocycles. The highest BCUT2D eigenvalue weighted by Gasteiger charge is 2.26. The average molecular weight is 245 g/mol. The number of aliphatic hydroxyl groups excluding tert-OH is 1. The van der Waals surface area contributed by atoms with Crippen molar-refractivity contribution in [2.24, 2.45) is 5.41 Å². The molecule has 0 aromatic heterocycles. The summed E-state index contributed by atoms with van der Waals surface area (Å²) in [5.74, 6) is -0.349. The van der Waals surface area contributed by atoms with E-state index in [1.54, 1.807) is 12.1 Å². The van der Waals surface area contributed by atoms with E-state index in [1.165, 1.54) is 6.07 Å². The molecule has 0 aliphatic heterocycles. The van der Waals surface area contributed by atoms with Crippen molar-refractivity contribution in [1.29, 1.82) is 0 Å². The summed E-state index contributed by atoms with van der Waals surface area (Å²) in [5.41, 5.74) is 0.310. The molecule has 0 heterocycles. The van der Waals surface area contributed by atoms with Gasteiger partial charge in [0.1, 0.15) is 5.82 Å². The SMILES string of the molecule is CCC(C)(C)C(O)Cc1ccc(Cl)cc1F. The summed E-state index contributed by atoms with van der Waals surface area (Å²) in [6, 6.07) is 4.56. The summed E-state index contributed by atoms with van der Waals surface area (Å²) in [5, 5.41) is 10.4. The minimum absolute atomic E-state index is 0.202. The van der Waals surface area contributed by atoms with Gasteiger partial charge in [0.05, 0.1) is 6.10 Å². The summed E-state index contributed by atoms with van der Waals surface area (Å²) in [6.07, 6.45) is 0.626. The van der Waals surface area contributed by atoms with Gasteiger partial charge in [-0.3, -0.25) is 0 Å². The van der Waals surface area contributed by atoms with E-state index in [-0.39, 0.29) is 11.2 Å². The van der Waals surface area contributed by atoms with Gasteiger partial charge in [-0.1, -0.05) is 38.4 Å². The van der Waals surface area contributed by atoms with Crippen molar-refractivity contribution in [2.45, 2.75) is 39.7 Å². The first-order valence-corrected chi connectivity index (χ1v) is 5.86. The van der Waals surface area contributed by atoms with Gasteiger partial charge in [-0.2, -0.15) is 0 Å². The minimum Gasteiger partial charge on any atom is -0.392 e. The van der Waals surface area contributed by atoms with Crippen LogP contribution in [0.5, 0.6) is 0 Å². The zero-order valence-electron chi connectivity index (χ0n) is 9.93. The lowest BCUT2D eigenvalue weighted by Gasteiger charge is -2.29. The van der Waals surface area contributed by atoms with Crippen LogP contribution in [0.4, 0.5) is 4.39 Å². The maximum Gasteiger partial charge on any atom is 0.127 e. The molecule has 0 radical (unpaired) electrons. The molecule has 0 saturated carbocycles. The molecule has 0 bridgehead atoms. The zero-order valence-corrected chi connectivity index (χ0v) is 10.7. The van der Waals surface area contributed by atoms with Crippen molar-refractivity contribution in [2.75, 3.05) is 0 Å². The molecule has 16 heavy (non-hydrogen) atoms. The van der Waals surface area contributed by atoms with Gasteiger partial charge in [-0.15, -0.1) is 0 Å². The Kier molecular flexibility index (Phi) is 4.34. The average Bonchev–Trinajstić information content (AvgIpc) is 2.22. The lowest BCUT2D eigenvalue weighted by atomic mass is 9.81. The standard InChI is InChI=1S/C13H18ClFO/c1-4-13(2,3)12(16)7-9-5-6-10(14)8-11(9)15/h5-6,8,12,16H,4,7H2,1-3H3. The Morgan fingerprint density at radius 3 is 2.56 bits per heavy atom. The van der Waals surface area contributed by atoms with Gasteiger partial charge in [0.2, 0.25) is 0 Å². The smallest absolute Gasteiger partial charge is 0.127 e. The molecule has 90 valence electrons. The Morgan fingerprint density at radius 2 is 2.06 bits per heavy atom. The molecule has 1 unspecified atom stereocenters. The van der Waals surface area contributed by atoms with E-state index in [4.69, 9.17) is 11.6 Å². The Balaban J connectivity index is 2.81. The normalized spacial score (nSPS) is 13.9.